The number of thiophene rings is 1. The number of carbonyl (C=O) groups is 1. The molecule has 1 aliphatic carbocycles. The molecule has 1 aromatic carbocycles. The summed E-state index contributed by atoms with van der Waals surface area (Å²) in [5.74, 6) is -0.799. The molecule has 1 saturated carbocycles. The number of rotatable bonds is 6. The van der Waals surface area contributed by atoms with Crippen LogP contribution in [0.1, 0.15) is 54.4 Å². The van der Waals surface area contributed by atoms with E-state index in [9.17, 15) is 26.4 Å². The molecule has 6 rings (SSSR count). The van der Waals surface area contributed by atoms with Gasteiger partial charge in [0, 0.05) is 55.3 Å². The minimum absolute atomic E-state index is 0.0303. The van der Waals surface area contributed by atoms with Gasteiger partial charge in [0.25, 0.3) is 5.91 Å². The molecule has 0 radical (unpaired) electrons. The van der Waals surface area contributed by atoms with Gasteiger partial charge in [-0.25, -0.2) is 18.4 Å². The van der Waals surface area contributed by atoms with Gasteiger partial charge in [0.05, 0.1) is 21.2 Å². The number of fused-ring (bicyclic) bond motifs is 1. The fourth-order valence-corrected chi connectivity index (χ4v) is 8.77. The van der Waals surface area contributed by atoms with Crippen LogP contribution in [0.3, 0.4) is 0 Å². The normalized spacial score (nSPS) is 22.3. The first kappa shape index (κ1) is 29.8. The van der Waals surface area contributed by atoms with Crippen molar-refractivity contribution in [2.45, 2.75) is 69.2 Å². The smallest absolute Gasteiger partial charge is 0.368 e. The van der Waals surface area contributed by atoms with E-state index in [0.29, 0.717) is 30.4 Å². The van der Waals surface area contributed by atoms with E-state index >= 15 is 0 Å². The number of sulfone groups is 1. The minimum Gasteiger partial charge on any atom is -0.368 e. The molecule has 2 aromatic heterocycles. The van der Waals surface area contributed by atoms with Crippen molar-refractivity contribution in [1.29, 1.82) is 0 Å². The Morgan fingerprint density at radius 1 is 1.14 bits per heavy atom. The monoisotopic (exact) mass is 634 g/mol. The van der Waals surface area contributed by atoms with Gasteiger partial charge in [-0.05, 0) is 62.9 Å². The van der Waals surface area contributed by atoms with E-state index in [-0.39, 0.29) is 38.9 Å². The number of hydrogen-bond donors (Lipinski definition) is 2. The highest BCUT2D eigenvalue weighted by atomic mass is 32.2. The van der Waals surface area contributed by atoms with Crippen molar-refractivity contribution in [2.75, 3.05) is 35.6 Å². The van der Waals surface area contributed by atoms with Crippen LogP contribution in [0.4, 0.5) is 30.5 Å². The molecule has 2 aliphatic heterocycles. The van der Waals surface area contributed by atoms with E-state index < -0.39 is 33.2 Å². The SMILES string of the molecule is CCc1cc(N2C[C@H](C)N[C@@H](C)C2)ccc1Nc1ncc(C(F)(F)F)c(-c2cc3c(s2)C(=O)N(C2CC2)CCS3(=O)=O)n1. The average molecular weight is 635 g/mol. The second-order valence-electron chi connectivity index (χ2n) is 11.5. The first-order chi connectivity index (χ1) is 20.3. The lowest BCUT2D eigenvalue weighted by Gasteiger charge is -2.38. The number of benzene rings is 1. The van der Waals surface area contributed by atoms with Gasteiger partial charge in [0.15, 0.2) is 9.84 Å². The lowest BCUT2D eigenvalue weighted by Crippen LogP contribution is -2.54. The molecule has 1 saturated heterocycles. The molecule has 2 fully saturated rings. The van der Waals surface area contributed by atoms with Crippen molar-refractivity contribution in [2.24, 2.45) is 0 Å². The Kier molecular flexibility index (Phi) is 7.66. The third-order valence-electron chi connectivity index (χ3n) is 8.04. The van der Waals surface area contributed by atoms with Crippen molar-refractivity contribution >= 4 is 44.4 Å². The fraction of sp³-hybridized carbons (Fsp3) is 0.483. The Morgan fingerprint density at radius 3 is 2.51 bits per heavy atom. The first-order valence-electron chi connectivity index (χ1n) is 14.4. The highest BCUT2D eigenvalue weighted by Crippen LogP contribution is 2.43. The number of carbonyl (C=O) groups excluding carboxylic acids is 1. The molecule has 4 heterocycles. The summed E-state index contributed by atoms with van der Waals surface area (Å²) in [4.78, 5) is 25.0. The molecular weight excluding hydrogens is 601 g/mol. The standard InChI is InChI=1S/C29H33F3N6O3S2/c1-4-18-11-20(37-14-16(2)34-17(3)15-37)7-8-22(18)35-28-33-13-21(29(30,31)32)25(36-28)23-12-24-26(42-23)27(39)38(19-5-6-19)9-10-43(24,40)41/h7-8,11-13,16-17,19,34H,4-6,9-10,14-15H2,1-3H3,(H,33,35,36)/t16-,17-/m0/s1. The van der Waals surface area contributed by atoms with Gasteiger partial charge < -0.3 is 20.4 Å². The number of alkyl halides is 3. The van der Waals surface area contributed by atoms with E-state index in [4.69, 9.17) is 0 Å². The molecule has 3 aromatic rings. The molecule has 0 unspecified atom stereocenters. The highest BCUT2D eigenvalue weighted by Gasteiger charge is 2.41. The predicted octanol–water partition coefficient (Wildman–Crippen LogP) is 5.11. The van der Waals surface area contributed by atoms with Crippen molar-refractivity contribution in [3.63, 3.8) is 0 Å². The van der Waals surface area contributed by atoms with E-state index in [1.807, 2.05) is 19.1 Å². The van der Waals surface area contributed by atoms with Crippen molar-refractivity contribution < 1.29 is 26.4 Å². The number of nitrogens with one attached hydrogen (secondary N) is 2. The van der Waals surface area contributed by atoms with Gasteiger partial charge in [-0.2, -0.15) is 13.2 Å². The summed E-state index contributed by atoms with van der Waals surface area (Å²) >= 11 is 0.733. The van der Waals surface area contributed by atoms with E-state index in [0.717, 1.165) is 54.6 Å². The number of nitrogens with zero attached hydrogens (tertiary/aromatic N) is 4. The topological polar surface area (TPSA) is 108 Å². The number of anilines is 3. The predicted molar refractivity (Wildman–Crippen MR) is 160 cm³/mol. The summed E-state index contributed by atoms with van der Waals surface area (Å²) in [5.41, 5.74) is 1.09. The van der Waals surface area contributed by atoms with E-state index in [2.05, 4.69) is 45.4 Å². The Hall–Kier alpha value is -3.23. The zero-order valence-electron chi connectivity index (χ0n) is 24.0. The molecule has 2 N–H and O–H groups in total. The molecule has 0 spiro atoms. The number of aromatic nitrogens is 2. The van der Waals surface area contributed by atoms with Gasteiger partial charge in [-0.1, -0.05) is 6.92 Å². The fourth-order valence-electron chi connectivity index (χ4n) is 5.85. The maximum absolute atomic E-state index is 14.1. The second-order valence-corrected chi connectivity index (χ2v) is 14.6. The van der Waals surface area contributed by atoms with Crippen molar-refractivity contribution in [1.82, 2.24) is 20.2 Å². The van der Waals surface area contributed by atoms with Crippen molar-refractivity contribution in [3.05, 3.63) is 46.5 Å². The summed E-state index contributed by atoms with van der Waals surface area (Å²) in [5, 5.41) is 6.59. The van der Waals surface area contributed by atoms with Crippen LogP contribution in [0.2, 0.25) is 0 Å². The molecule has 2 atom stereocenters. The lowest BCUT2D eigenvalue weighted by atomic mass is 10.1. The molecule has 0 bridgehead atoms. The average Bonchev–Trinajstić information content (AvgIpc) is 3.68. The third kappa shape index (κ3) is 5.96. The van der Waals surface area contributed by atoms with Crippen LogP contribution in [0.5, 0.6) is 0 Å². The summed E-state index contributed by atoms with van der Waals surface area (Å²) in [7, 11) is -3.87. The quantitative estimate of drug-likeness (QED) is 0.386. The van der Waals surface area contributed by atoms with Crippen LogP contribution < -0.4 is 15.5 Å². The van der Waals surface area contributed by atoms with Crippen LogP contribution in [0, 0.1) is 0 Å². The number of aryl methyl sites for hydroxylation is 1. The van der Waals surface area contributed by atoms with Crippen molar-refractivity contribution in [3.8, 4) is 10.6 Å². The molecule has 9 nitrogen and oxygen atoms in total. The first-order valence-corrected chi connectivity index (χ1v) is 16.8. The van der Waals surface area contributed by atoms with Gasteiger partial charge in [0.1, 0.15) is 10.4 Å². The van der Waals surface area contributed by atoms with Crippen LogP contribution in [0.15, 0.2) is 35.4 Å². The molecule has 230 valence electrons. The van der Waals surface area contributed by atoms with Crippen LogP contribution in [-0.2, 0) is 22.4 Å². The Balaban J connectivity index is 1.36. The number of piperazine rings is 1. The zero-order valence-corrected chi connectivity index (χ0v) is 25.7. The molecule has 14 heteroatoms. The number of hydrogen-bond acceptors (Lipinski definition) is 9. The Labute approximate surface area is 252 Å². The molecular formula is C29H33F3N6O3S2. The van der Waals surface area contributed by atoms with E-state index in [1.54, 1.807) is 0 Å². The summed E-state index contributed by atoms with van der Waals surface area (Å²) < 4.78 is 68.6. The van der Waals surface area contributed by atoms with Gasteiger partial charge in [-0.3, -0.25) is 4.79 Å². The van der Waals surface area contributed by atoms with Crippen LogP contribution >= 0.6 is 11.3 Å². The molecule has 43 heavy (non-hydrogen) atoms. The third-order valence-corrected chi connectivity index (χ3v) is 11.0. The van der Waals surface area contributed by atoms with E-state index in [1.165, 1.54) is 4.90 Å². The summed E-state index contributed by atoms with van der Waals surface area (Å²) in [6.45, 7) is 8.05. The number of halogens is 3. The molecule has 3 aliphatic rings. The minimum atomic E-state index is -4.80. The van der Waals surface area contributed by atoms with Gasteiger partial charge in [-0.15, -0.1) is 11.3 Å². The van der Waals surface area contributed by atoms with Gasteiger partial charge >= 0.3 is 6.18 Å². The van der Waals surface area contributed by atoms with Gasteiger partial charge in [0.2, 0.25) is 5.95 Å². The summed E-state index contributed by atoms with van der Waals surface area (Å²) in [6, 6.07) is 7.70. The number of amides is 1. The maximum Gasteiger partial charge on any atom is 0.420 e. The summed E-state index contributed by atoms with van der Waals surface area (Å²) in [6.07, 6.45) is -1.87. The maximum atomic E-state index is 14.1. The largest absolute Gasteiger partial charge is 0.420 e. The van der Waals surface area contributed by atoms with Crippen LogP contribution in [-0.4, -0.2) is 72.7 Å². The zero-order chi connectivity index (χ0) is 30.7. The molecule has 1 amide bonds. The Bertz CT molecular complexity index is 1660. The van der Waals surface area contributed by atoms with Crippen LogP contribution in [0.25, 0.3) is 10.6 Å². The lowest BCUT2D eigenvalue weighted by molar-refractivity contribution is -0.137. The highest BCUT2D eigenvalue weighted by molar-refractivity contribution is 7.91. The second kappa shape index (κ2) is 11.0. The Morgan fingerprint density at radius 2 is 1.86 bits per heavy atom.